The van der Waals surface area contributed by atoms with E-state index in [1.807, 2.05) is 18.1 Å². The van der Waals surface area contributed by atoms with Gasteiger partial charge in [-0.3, -0.25) is 9.59 Å². The van der Waals surface area contributed by atoms with Crippen LogP contribution in [0.3, 0.4) is 0 Å². The van der Waals surface area contributed by atoms with E-state index in [-0.39, 0.29) is 30.4 Å². The van der Waals surface area contributed by atoms with E-state index in [1.54, 1.807) is 4.90 Å². The first-order valence-electron chi connectivity index (χ1n) is 12.2. The van der Waals surface area contributed by atoms with Crippen molar-refractivity contribution in [3.8, 4) is 0 Å². The highest BCUT2D eigenvalue weighted by molar-refractivity contribution is 6.04. The third-order valence-electron chi connectivity index (χ3n) is 7.43. The zero-order valence-corrected chi connectivity index (χ0v) is 19.7. The van der Waals surface area contributed by atoms with E-state index >= 15 is 0 Å². The predicted octanol–water partition coefficient (Wildman–Crippen LogP) is 1.76. The van der Waals surface area contributed by atoms with Gasteiger partial charge in [-0.2, -0.15) is 4.98 Å². The molecule has 32 heavy (non-hydrogen) atoms. The lowest BCUT2D eigenvalue weighted by atomic mass is 10.0. The highest BCUT2D eigenvalue weighted by Gasteiger charge is 2.41. The number of hydrogen-bond donors (Lipinski definition) is 1. The molecule has 4 rings (SSSR count). The number of likely N-dealkylation sites (tertiary alicyclic amines) is 1. The second kappa shape index (κ2) is 9.60. The van der Waals surface area contributed by atoms with Crippen molar-refractivity contribution in [1.82, 2.24) is 14.9 Å². The summed E-state index contributed by atoms with van der Waals surface area (Å²) in [5.74, 6) is 1.76. The van der Waals surface area contributed by atoms with Gasteiger partial charge in [0.25, 0.3) is 0 Å². The largest absolute Gasteiger partial charge is 0.341 e. The number of carbonyl (C=O) groups is 2. The SMILES string of the molecule is CCC1C(=O)N(C)c2cnc(N(CC)C3CCN(C(=O)CN)CC3)nc2N1C1CCCC1. The molecule has 2 aliphatic heterocycles. The quantitative estimate of drug-likeness (QED) is 0.715. The first kappa shape index (κ1) is 22.8. The Hall–Kier alpha value is -2.42. The van der Waals surface area contributed by atoms with E-state index in [1.165, 1.54) is 12.8 Å². The summed E-state index contributed by atoms with van der Waals surface area (Å²) < 4.78 is 0. The van der Waals surface area contributed by atoms with Crippen molar-refractivity contribution in [2.24, 2.45) is 5.73 Å². The van der Waals surface area contributed by atoms with Gasteiger partial charge in [0.1, 0.15) is 11.7 Å². The van der Waals surface area contributed by atoms with Gasteiger partial charge in [-0.15, -0.1) is 0 Å². The maximum atomic E-state index is 13.1. The second-order valence-corrected chi connectivity index (χ2v) is 9.15. The summed E-state index contributed by atoms with van der Waals surface area (Å²) in [5, 5.41) is 0. The number of amides is 2. The highest BCUT2D eigenvalue weighted by atomic mass is 16.2. The van der Waals surface area contributed by atoms with Gasteiger partial charge in [0.05, 0.1) is 12.7 Å². The molecule has 176 valence electrons. The van der Waals surface area contributed by atoms with Gasteiger partial charge in [0.15, 0.2) is 5.82 Å². The summed E-state index contributed by atoms with van der Waals surface area (Å²) in [6.07, 6.45) is 8.97. The van der Waals surface area contributed by atoms with Crippen molar-refractivity contribution in [3.05, 3.63) is 6.20 Å². The van der Waals surface area contributed by atoms with E-state index in [9.17, 15) is 9.59 Å². The molecule has 2 N–H and O–H groups in total. The molecule has 1 atom stereocenters. The third kappa shape index (κ3) is 4.02. The fraction of sp³-hybridized carbons (Fsp3) is 0.739. The third-order valence-corrected chi connectivity index (χ3v) is 7.43. The molecule has 2 fully saturated rings. The molecule has 0 radical (unpaired) electrons. The van der Waals surface area contributed by atoms with Crippen LogP contribution in [-0.4, -0.2) is 78.0 Å². The zero-order chi connectivity index (χ0) is 22.8. The number of rotatable bonds is 6. The van der Waals surface area contributed by atoms with E-state index in [0.29, 0.717) is 19.1 Å². The van der Waals surface area contributed by atoms with Crippen LogP contribution >= 0.6 is 0 Å². The smallest absolute Gasteiger partial charge is 0.249 e. The van der Waals surface area contributed by atoms with Crippen LogP contribution in [0.4, 0.5) is 17.5 Å². The van der Waals surface area contributed by atoms with Crippen molar-refractivity contribution >= 4 is 29.3 Å². The molecule has 1 saturated heterocycles. The number of hydrogen-bond acceptors (Lipinski definition) is 7. The molecule has 9 nitrogen and oxygen atoms in total. The average Bonchev–Trinajstić information content (AvgIpc) is 3.36. The van der Waals surface area contributed by atoms with Gasteiger partial charge in [-0.05, 0) is 39.0 Å². The van der Waals surface area contributed by atoms with Crippen molar-refractivity contribution < 1.29 is 9.59 Å². The normalized spacial score (nSPS) is 22.4. The summed E-state index contributed by atoms with van der Waals surface area (Å²) in [5.41, 5.74) is 6.33. The Labute approximate surface area is 190 Å². The van der Waals surface area contributed by atoms with Crippen molar-refractivity contribution in [3.63, 3.8) is 0 Å². The van der Waals surface area contributed by atoms with Gasteiger partial charge in [0, 0.05) is 38.8 Å². The fourth-order valence-electron chi connectivity index (χ4n) is 5.63. The first-order valence-corrected chi connectivity index (χ1v) is 12.2. The van der Waals surface area contributed by atoms with E-state index in [4.69, 9.17) is 15.7 Å². The number of anilines is 3. The molecular formula is C23H37N7O2. The Morgan fingerprint density at radius 3 is 2.47 bits per heavy atom. The Kier molecular flexibility index (Phi) is 6.83. The molecule has 3 heterocycles. The second-order valence-electron chi connectivity index (χ2n) is 9.15. The van der Waals surface area contributed by atoms with Gasteiger partial charge in [-0.1, -0.05) is 19.8 Å². The average molecular weight is 444 g/mol. The number of aromatic nitrogens is 2. The minimum absolute atomic E-state index is 0.0158. The van der Waals surface area contributed by atoms with Gasteiger partial charge < -0.3 is 25.3 Å². The zero-order valence-electron chi connectivity index (χ0n) is 19.7. The van der Waals surface area contributed by atoms with Crippen LogP contribution in [0.2, 0.25) is 0 Å². The van der Waals surface area contributed by atoms with E-state index in [0.717, 1.165) is 56.1 Å². The van der Waals surface area contributed by atoms with Crippen LogP contribution in [0.5, 0.6) is 0 Å². The van der Waals surface area contributed by atoms with Crippen LogP contribution in [0.25, 0.3) is 0 Å². The van der Waals surface area contributed by atoms with Crippen LogP contribution in [0, 0.1) is 0 Å². The van der Waals surface area contributed by atoms with Crippen molar-refractivity contribution in [1.29, 1.82) is 0 Å². The molecule has 9 heteroatoms. The Morgan fingerprint density at radius 2 is 1.88 bits per heavy atom. The Morgan fingerprint density at radius 1 is 1.19 bits per heavy atom. The summed E-state index contributed by atoms with van der Waals surface area (Å²) in [7, 11) is 1.83. The van der Waals surface area contributed by atoms with Gasteiger partial charge >= 0.3 is 0 Å². The lowest BCUT2D eigenvalue weighted by molar-refractivity contribution is -0.130. The molecule has 2 amide bonds. The molecule has 0 aromatic carbocycles. The standard InChI is InChI=1S/C23H37N7O2/c1-4-18-22(32)27(3)19-15-25-23(26-21(19)30(18)17-8-6-7-9-17)29(5-2)16-10-12-28(13-11-16)20(31)14-24/h15-18H,4-14,24H2,1-3H3. The number of fused-ring (bicyclic) bond motifs is 1. The van der Waals surface area contributed by atoms with Crippen LogP contribution in [-0.2, 0) is 9.59 Å². The van der Waals surface area contributed by atoms with E-state index in [2.05, 4.69) is 23.6 Å². The highest BCUT2D eigenvalue weighted by Crippen LogP contribution is 2.40. The number of nitrogens with two attached hydrogens (primary N) is 1. The summed E-state index contributed by atoms with van der Waals surface area (Å²) in [6, 6.07) is 0.475. The summed E-state index contributed by atoms with van der Waals surface area (Å²) in [6.45, 7) is 6.50. The maximum Gasteiger partial charge on any atom is 0.249 e. The number of nitrogens with zero attached hydrogens (tertiary/aromatic N) is 6. The predicted molar refractivity (Wildman–Crippen MR) is 126 cm³/mol. The van der Waals surface area contributed by atoms with Gasteiger partial charge in [-0.25, -0.2) is 4.98 Å². The van der Waals surface area contributed by atoms with Crippen LogP contribution in [0.1, 0.15) is 58.8 Å². The number of piperidine rings is 1. The number of carbonyl (C=O) groups excluding carboxylic acids is 2. The van der Waals surface area contributed by atoms with E-state index < -0.39 is 0 Å². The number of likely N-dealkylation sites (N-methyl/N-ethyl adjacent to an activating group) is 1. The molecule has 0 spiro atoms. The molecular weight excluding hydrogens is 406 g/mol. The van der Waals surface area contributed by atoms with Crippen molar-refractivity contribution in [2.75, 3.05) is 47.9 Å². The fourth-order valence-corrected chi connectivity index (χ4v) is 5.63. The van der Waals surface area contributed by atoms with Crippen molar-refractivity contribution in [2.45, 2.75) is 76.9 Å². The maximum absolute atomic E-state index is 13.1. The molecule has 3 aliphatic rings. The molecule has 0 bridgehead atoms. The Bertz CT molecular complexity index is 834. The first-order chi connectivity index (χ1) is 15.5. The molecule has 1 aromatic rings. The molecule has 1 aromatic heterocycles. The Balaban J connectivity index is 1.63. The molecule has 1 saturated carbocycles. The van der Waals surface area contributed by atoms with Gasteiger partial charge in [0.2, 0.25) is 17.8 Å². The van der Waals surface area contributed by atoms with Crippen LogP contribution in [0.15, 0.2) is 6.20 Å². The monoisotopic (exact) mass is 443 g/mol. The lowest BCUT2D eigenvalue weighted by Crippen LogP contribution is -2.56. The minimum atomic E-state index is -0.168. The van der Waals surface area contributed by atoms with Crippen LogP contribution < -0.4 is 20.4 Å². The lowest BCUT2D eigenvalue weighted by Gasteiger charge is -2.44. The molecule has 1 unspecified atom stereocenters. The topological polar surface area (TPSA) is 98.9 Å². The minimum Gasteiger partial charge on any atom is -0.341 e. The summed E-state index contributed by atoms with van der Waals surface area (Å²) >= 11 is 0. The molecule has 1 aliphatic carbocycles. The summed E-state index contributed by atoms with van der Waals surface area (Å²) in [4.78, 5) is 43.0.